The third-order valence-electron chi connectivity index (χ3n) is 3.04. The van der Waals surface area contributed by atoms with Crippen molar-refractivity contribution < 1.29 is 9.53 Å². The van der Waals surface area contributed by atoms with Gasteiger partial charge in [-0.3, -0.25) is 10.1 Å². The molecule has 20 heavy (non-hydrogen) atoms. The lowest BCUT2D eigenvalue weighted by Gasteiger charge is -2.07. The molecule has 0 spiro atoms. The summed E-state index contributed by atoms with van der Waals surface area (Å²) in [5.41, 5.74) is 1.12. The van der Waals surface area contributed by atoms with Gasteiger partial charge in [0.25, 0.3) is 5.91 Å². The minimum absolute atomic E-state index is 0.0754. The van der Waals surface area contributed by atoms with Gasteiger partial charge in [-0.2, -0.15) is 0 Å². The summed E-state index contributed by atoms with van der Waals surface area (Å²) >= 11 is 7.50. The number of carbonyl (C=O) groups excluding carboxylic acids is 1. The van der Waals surface area contributed by atoms with E-state index in [1.165, 1.54) is 4.88 Å². The zero-order chi connectivity index (χ0) is 13.9. The molecule has 1 aromatic carbocycles. The van der Waals surface area contributed by atoms with E-state index in [2.05, 4.69) is 10.3 Å². The number of ether oxygens (including phenoxy) is 1. The fourth-order valence-corrected chi connectivity index (χ4v) is 3.36. The van der Waals surface area contributed by atoms with Crippen LogP contribution >= 0.6 is 22.9 Å². The van der Waals surface area contributed by atoms with Crippen LogP contribution in [-0.4, -0.2) is 17.5 Å². The van der Waals surface area contributed by atoms with Crippen LogP contribution in [0.25, 0.3) is 0 Å². The van der Waals surface area contributed by atoms with Gasteiger partial charge in [-0.1, -0.05) is 23.7 Å². The molecule has 1 amide bonds. The van der Waals surface area contributed by atoms with Crippen LogP contribution < -0.4 is 10.1 Å². The maximum absolute atomic E-state index is 11.8. The van der Waals surface area contributed by atoms with E-state index in [0.29, 0.717) is 15.9 Å². The molecule has 0 atom stereocenters. The normalized spacial score (nSPS) is 13.1. The molecule has 2 aromatic rings. The molecule has 0 saturated heterocycles. The molecule has 1 aromatic heterocycles. The largest absolute Gasteiger partial charge is 0.482 e. The summed E-state index contributed by atoms with van der Waals surface area (Å²) in [5, 5.41) is 3.91. The molecule has 6 heteroatoms. The molecule has 0 unspecified atom stereocenters. The van der Waals surface area contributed by atoms with Gasteiger partial charge in [0.15, 0.2) is 11.7 Å². The number of hydrogen-bond donors (Lipinski definition) is 1. The zero-order valence-electron chi connectivity index (χ0n) is 10.7. The van der Waals surface area contributed by atoms with E-state index in [9.17, 15) is 4.79 Å². The molecule has 104 valence electrons. The number of halogens is 1. The van der Waals surface area contributed by atoms with Crippen molar-refractivity contribution in [2.75, 3.05) is 11.9 Å². The highest BCUT2D eigenvalue weighted by atomic mass is 35.5. The van der Waals surface area contributed by atoms with Gasteiger partial charge in [-0.25, -0.2) is 4.98 Å². The summed E-state index contributed by atoms with van der Waals surface area (Å²) in [6, 6.07) is 7.07. The van der Waals surface area contributed by atoms with Crippen molar-refractivity contribution in [1.29, 1.82) is 0 Å². The average Bonchev–Trinajstić information content (AvgIpc) is 2.98. The first-order valence-electron chi connectivity index (χ1n) is 6.38. The van der Waals surface area contributed by atoms with Crippen molar-refractivity contribution in [3.05, 3.63) is 39.9 Å². The molecule has 3 rings (SSSR count). The molecule has 1 N–H and O–H groups in total. The second-order valence-electron chi connectivity index (χ2n) is 4.51. The van der Waals surface area contributed by atoms with E-state index in [-0.39, 0.29) is 12.5 Å². The first-order chi connectivity index (χ1) is 9.72. The van der Waals surface area contributed by atoms with Gasteiger partial charge in [0.05, 0.1) is 10.7 Å². The molecule has 0 saturated carbocycles. The Bertz CT molecular complexity index is 620. The van der Waals surface area contributed by atoms with Gasteiger partial charge in [0, 0.05) is 4.88 Å². The smallest absolute Gasteiger partial charge is 0.264 e. The van der Waals surface area contributed by atoms with Crippen molar-refractivity contribution in [2.45, 2.75) is 19.3 Å². The zero-order valence-corrected chi connectivity index (χ0v) is 12.3. The Balaban J connectivity index is 1.56. The van der Waals surface area contributed by atoms with Crippen LogP contribution in [0.1, 0.15) is 17.0 Å². The number of anilines is 1. The van der Waals surface area contributed by atoms with Gasteiger partial charge >= 0.3 is 0 Å². The number of thiazole rings is 1. The maximum atomic E-state index is 11.8. The number of hydrogen-bond acceptors (Lipinski definition) is 4. The molecular formula is C14H13ClN2O2S. The molecular weight excluding hydrogens is 296 g/mol. The van der Waals surface area contributed by atoms with Crippen LogP contribution in [0.4, 0.5) is 5.13 Å². The number of para-hydroxylation sites is 1. The van der Waals surface area contributed by atoms with E-state index in [4.69, 9.17) is 16.3 Å². The average molecular weight is 309 g/mol. The number of rotatable bonds is 4. The lowest BCUT2D eigenvalue weighted by atomic mass is 10.3. The standard InChI is InChI=1S/C14H13ClN2O2S/c15-9-4-1-2-6-11(9)19-8-13(18)17-14-16-10-5-3-7-12(10)20-14/h1-2,4,6H,3,5,7-8H2,(H,16,17,18). The molecule has 4 nitrogen and oxygen atoms in total. The van der Waals surface area contributed by atoms with Gasteiger partial charge in [-0.05, 0) is 31.4 Å². The van der Waals surface area contributed by atoms with E-state index < -0.39 is 0 Å². The van der Waals surface area contributed by atoms with Crippen LogP contribution in [0, 0.1) is 0 Å². The Morgan fingerprint density at radius 2 is 2.25 bits per heavy atom. The number of nitrogens with zero attached hydrogens (tertiary/aromatic N) is 1. The Kier molecular flexibility index (Phi) is 3.89. The van der Waals surface area contributed by atoms with E-state index in [1.807, 2.05) is 12.1 Å². The molecule has 0 aliphatic heterocycles. The fourth-order valence-electron chi connectivity index (χ4n) is 2.10. The monoisotopic (exact) mass is 308 g/mol. The van der Waals surface area contributed by atoms with Crippen molar-refractivity contribution >= 4 is 34.0 Å². The summed E-state index contributed by atoms with van der Waals surface area (Å²) < 4.78 is 5.38. The number of carbonyl (C=O) groups is 1. The highest BCUT2D eigenvalue weighted by molar-refractivity contribution is 7.15. The first-order valence-corrected chi connectivity index (χ1v) is 7.57. The Hall–Kier alpha value is -1.59. The molecule has 0 bridgehead atoms. The van der Waals surface area contributed by atoms with Crippen LogP contribution in [0.15, 0.2) is 24.3 Å². The number of nitrogens with one attached hydrogen (secondary N) is 1. The highest BCUT2D eigenvalue weighted by Crippen LogP contribution is 2.30. The van der Waals surface area contributed by atoms with Gasteiger partial charge in [-0.15, -0.1) is 11.3 Å². The molecule has 0 radical (unpaired) electrons. The molecule has 1 aliphatic carbocycles. The lowest BCUT2D eigenvalue weighted by molar-refractivity contribution is -0.118. The SMILES string of the molecule is O=C(COc1ccccc1Cl)Nc1nc2c(s1)CCC2. The van der Waals surface area contributed by atoms with E-state index >= 15 is 0 Å². The summed E-state index contributed by atoms with van der Waals surface area (Å²) in [7, 11) is 0. The third kappa shape index (κ3) is 2.94. The molecule has 1 aliphatic rings. The van der Waals surface area contributed by atoms with E-state index in [0.717, 1.165) is 25.0 Å². The molecule has 0 fully saturated rings. The predicted octanol–water partition coefficient (Wildman–Crippen LogP) is 3.30. The number of aromatic nitrogens is 1. The summed E-state index contributed by atoms with van der Waals surface area (Å²) in [4.78, 5) is 17.5. The first kappa shape index (κ1) is 13.4. The predicted molar refractivity (Wildman–Crippen MR) is 79.7 cm³/mol. The summed E-state index contributed by atoms with van der Waals surface area (Å²) in [6.07, 6.45) is 3.24. The second kappa shape index (κ2) is 5.81. The lowest BCUT2D eigenvalue weighted by Crippen LogP contribution is -2.20. The molecule has 1 heterocycles. The Morgan fingerprint density at radius 1 is 1.40 bits per heavy atom. The minimum atomic E-state index is -0.225. The fraction of sp³-hybridized carbons (Fsp3) is 0.286. The number of benzene rings is 1. The van der Waals surface area contributed by atoms with Crippen LogP contribution in [-0.2, 0) is 17.6 Å². The summed E-state index contributed by atoms with van der Waals surface area (Å²) in [5.74, 6) is 0.281. The second-order valence-corrected chi connectivity index (χ2v) is 6.00. The van der Waals surface area contributed by atoms with Gasteiger partial charge in [0.1, 0.15) is 5.75 Å². The minimum Gasteiger partial charge on any atom is -0.482 e. The highest BCUT2D eigenvalue weighted by Gasteiger charge is 2.17. The Labute approximate surface area is 125 Å². The van der Waals surface area contributed by atoms with Gasteiger partial charge in [0.2, 0.25) is 0 Å². The van der Waals surface area contributed by atoms with Crippen LogP contribution in [0.5, 0.6) is 5.75 Å². The Morgan fingerprint density at radius 3 is 3.05 bits per heavy atom. The van der Waals surface area contributed by atoms with E-state index in [1.54, 1.807) is 23.5 Å². The quantitative estimate of drug-likeness (QED) is 0.943. The van der Waals surface area contributed by atoms with Crippen molar-refractivity contribution in [3.63, 3.8) is 0 Å². The van der Waals surface area contributed by atoms with Crippen LogP contribution in [0.3, 0.4) is 0 Å². The number of aryl methyl sites for hydroxylation is 2. The van der Waals surface area contributed by atoms with Crippen molar-refractivity contribution in [1.82, 2.24) is 4.98 Å². The number of amides is 1. The third-order valence-corrected chi connectivity index (χ3v) is 4.42. The summed E-state index contributed by atoms with van der Waals surface area (Å²) in [6.45, 7) is -0.0754. The van der Waals surface area contributed by atoms with Crippen molar-refractivity contribution in [3.8, 4) is 5.75 Å². The van der Waals surface area contributed by atoms with Crippen molar-refractivity contribution in [2.24, 2.45) is 0 Å². The maximum Gasteiger partial charge on any atom is 0.264 e. The topological polar surface area (TPSA) is 51.2 Å². The van der Waals surface area contributed by atoms with Gasteiger partial charge < -0.3 is 4.74 Å². The van der Waals surface area contributed by atoms with Crippen LogP contribution in [0.2, 0.25) is 5.02 Å². The number of fused-ring (bicyclic) bond motifs is 1.